The van der Waals surface area contributed by atoms with Crippen LogP contribution in [0.5, 0.6) is 0 Å². The lowest BCUT2D eigenvalue weighted by Crippen LogP contribution is -2.36. The van der Waals surface area contributed by atoms with Crippen molar-refractivity contribution in [2.45, 2.75) is 41.7 Å². The number of carboxylic acid groups (broad SMARTS) is 1. The lowest BCUT2D eigenvalue weighted by molar-refractivity contribution is -0.139. The number of anilines is 2. The van der Waals surface area contributed by atoms with Gasteiger partial charge in [0.05, 0.1) is 11.5 Å². The maximum atomic E-state index is 13.4. The van der Waals surface area contributed by atoms with Gasteiger partial charge in [-0.1, -0.05) is 67.2 Å². The minimum absolute atomic E-state index is 0.255. The zero-order chi connectivity index (χ0) is 29.4. The third-order valence-electron chi connectivity index (χ3n) is 6.53. The molecule has 0 saturated heterocycles. The molecule has 0 fully saturated rings. The maximum absolute atomic E-state index is 13.4. The predicted octanol–water partition coefficient (Wildman–Crippen LogP) is 8.72. The van der Waals surface area contributed by atoms with Crippen molar-refractivity contribution in [2.24, 2.45) is 0 Å². The van der Waals surface area contributed by atoms with Gasteiger partial charge in [0.2, 0.25) is 0 Å². The molecule has 0 aliphatic heterocycles. The molecule has 0 radical (unpaired) electrons. The van der Waals surface area contributed by atoms with Crippen LogP contribution in [0.4, 0.5) is 29.3 Å². The molecule has 1 unspecified atom stereocenters. The molecule has 0 heterocycles. The van der Waals surface area contributed by atoms with Gasteiger partial charge in [0.1, 0.15) is 0 Å². The summed E-state index contributed by atoms with van der Waals surface area (Å²) in [5.41, 5.74) is 1.87. The Morgan fingerprint density at radius 1 is 0.878 bits per heavy atom. The van der Waals surface area contributed by atoms with E-state index in [1.165, 1.54) is 23.9 Å². The van der Waals surface area contributed by atoms with Gasteiger partial charge in [-0.2, -0.15) is 13.2 Å². The number of halogens is 3. The summed E-state index contributed by atoms with van der Waals surface area (Å²) in [7, 11) is 0. The van der Waals surface area contributed by atoms with Gasteiger partial charge in [-0.05, 0) is 78.6 Å². The number of rotatable bonds is 10. The van der Waals surface area contributed by atoms with Crippen molar-refractivity contribution in [1.82, 2.24) is 0 Å². The number of carbonyl (C=O) groups is 2. The number of hydrogen-bond acceptors (Lipinski definition) is 3. The number of carboxylic acids is 1. The van der Waals surface area contributed by atoms with E-state index in [1.807, 2.05) is 85.8 Å². The highest BCUT2D eigenvalue weighted by Crippen LogP contribution is 2.33. The van der Waals surface area contributed by atoms with Gasteiger partial charge in [0.25, 0.3) is 0 Å². The number of nitrogens with zero attached hydrogens (tertiary/aromatic N) is 1. The first-order valence-corrected chi connectivity index (χ1v) is 13.9. The van der Waals surface area contributed by atoms with Crippen LogP contribution in [0.3, 0.4) is 0 Å². The van der Waals surface area contributed by atoms with Crippen molar-refractivity contribution in [3.8, 4) is 0 Å². The SMILES string of the molecule is CCC(C(=O)O)c1ccc(Sc2cccc(N(CCc3ccccc3)C(=O)Nc3ccc(C(F)(F)F)cc3)c2)cc1. The molecule has 4 rings (SSSR count). The summed E-state index contributed by atoms with van der Waals surface area (Å²) in [5, 5.41) is 12.1. The molecule has 0 aliphatic rings. The highest BCUT2D eigenvalue weighted by Gasteiger charge is 2.30. The smallest absolute Gasteiger partial charge is 0.416 e. The van der Waals surface area contributed by atoms with Gasteiger partial charge in [0, 0.05) is 27.7 Å². The summed E-state index contributed by atoms with van der Waals surface area (Å²) in [6, 6.07) is 28.4. The number of nitrogens with one attached hydrogen (secondary N) is 1. The average Bonchev–Trinajstić information content (AvgIpc) is 2.95. The molecule has 4 aromatic rings. The topological polar surface area (TPSA) is 69.6 Å². The molecule has 0 bridgehead atoms. The van der Waals surface area contributed by atoms with Gasteiger partial charge in [-0.3, -0.25) is 9.69 Å². The Bertz CT molecular complexity index is 1460. The summed E-state index contributed by atoms with van der Waals surface area (Å²) in [6.45, 7) is 2.18. The molecular weight excluding hydrogens is 549 g/mol. The normalized spacial score (nSPS) is 12.0. The summed E-state index contributed by atoms with van der Waals surface area (Å²) in [6.07, 6.45) is -3.39. The number of hydrogen-bond donors (Lipinski definition) is 2. The molecule has 212 valence electrons. The van der Waals surface area contributed by atoms with E-state index in [9.17, 15) is 27.9 Å². The van der Waals surface area contributed by atoms with E-state index in [1.54, 1.807) is 4.90 Å². The second kappa shape index (κ2) is 13.4. The molecule has 2 amide bonds. The van der Waals surface area contributed by atoms with E-state index in [2.05, 4.69) is 5.32 Å². The fourth-order valence-corrected chi connectivity index (χ4v) is 5.21. The molecule has 1 atom stereocenters. The summed E-state index contributed by atoms with van der Waals surface area (Å²) in [5.74, 6) is -1.41. The summed E-state index contributed by atoms with van der Waals surface area (Å²) in [4.78, 5) is 28.2. The van der Waals surface area contributed by atoms with Crippen molar-refractivity contribution in [3.63, 3.8) is 0 Å². The zero-order valence-electron chi connectivity index (χ0n) is 22.3. The minimum atomic E-state index is -4.46. The lowest BCUT2D eigenvalue weighted by atomic mass is 9.97. The Balaban J connectivity index is 1.54. The Kier molecular flexibility index (Phi) is 9.73. The van der Waals surface area contributed by atoms with Gasteiger partial charge in [0.15, 0.2) is 0 Å². The van der Waals surface area contributed by atoms with Crippen LogP contribution in [0.15, 0.2) is 113 Å². The van der Waals surface area contributed by atoms with E-state index in [0.717, 1.165) is 33.1 Å². The third kappa shape index (κ3) is 8.14. The van der Waals surface area contributed by atoms with Gasteiger partial charge < -0.3 is 10.4 Å². The van der Waals surface area contributed by atoms with Crippen LogP contribution < -0.4 is 10.2 Å². The van der Waals surface area contributed by atoms with Crippen LogP contribution in [0.1, 0.15) is 36.0 Å². The van der Waals surface area contributed by atoms with Gasteiger partial charge >= 0.3 is 18.2 Å². The molecule has 9 heteroatoms. The monoisotopic (exact) mass is 578 g/mol. The van der Waals surface area contributed by atoms with Crippen molar-refractivity contribution in [3.05, 3.63) is 120 Å². The molecule has 41 heavy (non-hydrogen) atoms. The van der Waals surface area contributed by atoms with Crippen LogP contribution in [-0.4, -0.2) is 23.7 Å². The minimum Gasteiger partial charge on any atom is -0.481 e. The maximum Gasteiger partial charge on any atom is 0.416 e. The first-order valence-electron chi connectivity index (χ1n) is 13.0. The average molecular weight is 579 g/mol. The van der Waals surface area contributed by atoms with Crippen molar-refractivity contribution >= 4 is 35.1 Å². The Morgan fingerprint density at radius 2 is 1.56 bits per heavy atom. The van der Waals surface area contributed by atoms with Crippen LogP contribution in [-0.2, 0) is 17.4 Å². The number of urea groups is 1. The molecule has 0 spiro atoms. The quantitative estimate of drug-likeness (QED) is 0.197. The van der Waals surface area contributed by atoms with Gasteiger partial charge in [-0.15, -0.1) is 0 Å². The summed E-state index contributed by atoms with van der Waals surface area (Å²) < 4.78 is 38.9. The zero-order valence-corrected chi connectivity index (χ0v) is 23.1. The fourth-order valence-electron chi connectivity index (χ4n) is 4.34. The first-order chi connectivity index (χ1) is 19.6. The first kappa shape index (κ1) is 29.7. The molecule has 2 N–H and O–H groups in total. The van der Waals surface area contributed by atoms with E-state index in [4.69, 9.17) is 0 Å². The fraction of sp³-hybridized carbons (Fsp3) is 0.188. The van der Waals surface area contributed by atoms with E-state index in [0.29, 0.717) is 25.1 Å². The number of alkyl halides is 3. The second-order valence-corrected chi connectivity index (χ2v) is 10.5. The number of amides is 2. The number of carbonyl (C=O) groups excluding carboxylic acids is 1. The van der Waals surface area contributed by atoms with Crippen LogP contribution in [0, 0.1) is 0 Å². The number of aliphatic carboxylic acids is 1. The van der Waals surface area contributed by atoms with Crippen molar-refractivity contribution < 1.29 is 27.9 Å². The van der Waals surface area contributed by atoms with E-state index >= 15 is 0 Å². The third-order valence-corrected chi connectivity index (χ3v) is 7.53. The largest absolute Gasteiger partial charge is 0.481 e. The Labute approximate surface area is 241 Å². The number of benzene rings is 4. The molecule has 4 aromatic carbocycles. The highest BCUT2D eigenvalue weighted by atomic mass is 32.2. The van der Waals surface area contributed by atoms with Crippen LogP contribution >= 0.6 is 11.8 Å². The van der Waals surface area contributed by atoms with E-state index in [-0.39, 0.29) is 5.69 Å². The van der Waals surface area contributed by atoms with Crippen molar-refractivity contribution in [1.29, 1.82) is 0 Å². The Morgan fingerprint density at radius 3 is 2.17 bits per heavy atom. The molecule has 0 aliphatic carbocycles. The predicted molar refractivity (Wildman–Crippen MR) is 156 cm³/mol. The van der Waals surface area contributed by atoms with Crippen LogP contribution in [0.2, 0.25) is 0 Å². The second-order valence-electron chi connectivity index (χ2n) is 9.36. The molecule has 0 saturated carbocycles. The molecule has 5 nitrogen and oxygen atoms in total. The summed E-state index contributed by atoms with van der Waals surface area (Å²) >= 11 is 1.48. The molecule has 0 aromatic heterocycles. The van der Waals surface area contributed by atoms with Crippen LogP contribution in [0.25, 0.3) is 0 Å². The van der Waals surface area contributed by atoms with Crippen molar-refractivity contribution in [2.75, 3.05) is 16.8 Å². The standard InChI is InChI=1S/C32H29F3N2O3S/c1-2-29(30(38)39)23-11-17-27(18-12-23)41-28-10-6-9-26(21-28)37(20-19-22-7-4-3-5-8-22)31(40)36-25-15-13-24(14-16-25)32(33,34)35/h3-18,21,29H,2,19-20H2,1H3,(H,36,40)(H,38,39). The lowest BCUT2D eigenvalue weighted by Gasteiger charge is -2.24. The highest BCUT2D eigenvalue weighted by molar-refractivity contribution is 7.99. The Hall–Kier alpha value is -4.24. The van der Waals surface area contributed by atoms with E-state index < -0.39 is 29.7 Å². The van der Waals surface area contributed by atoms with Gasteiger partial charge in [-0.25, -0.2) is 4.79 Å². The molecular formula is C32H29F3N2O3S.